The highest BCUT2D eigenvalue weighted by Gasteiger charge is 2.15. The summed E-state index contributed by atoms with van der Waals surface area (Å²) in [5, 5.41) is 11.3. The Hall–Kier alpha value is -1.11. The smallest absolute Gasteiger partial charge is 0.283 e. The molecule has 2 rings (SSSR count). The van der Waals surface area contributed by atoms with Gasteiger partial charge in [-0.05, 0) is 34.1 Å². The molecule has 4 nitrogen and oxygen atoms in total. The van der Waals surface area contributed by atoms with Gasteiger partial charge in [0.15, 0.2) is 0 Å². The van der Waals surface area contributed by atoms with Crippen LogP contribution in [0.1, 0.15) is 5.56 Å². The predicted molar refractivity (Wildman–Crippen MR) is 84.3 cm³/mol. The van der Waals surface area contributed by atoms with Crippen LogP contribution in [-0.4, -0.2) is 4.92 Å². The van der Waals surface area contributed by atoms with Gasteiger partial charge in [-0.25, -0.2) is 0 Å². The van der Waals surface area contributed by atoms with Crippen LogP contribution in [0, 0.1) is 10.1 Å². The Bertz CT molecular complexity index is 664. The summed E-state index contributed by atoms with van der Waals surface area (Å²) in [6, 6.07) is 10.1. The molecule has 0 amide bonds. The van der Waals surface area contributed by atoms with Crippen molar-refractivity contribution in [2.24, 2.45) is 0 Å². The third-order valence-corrected chi connectivity index (χ3v) is 4.25. The summed E-state index contributed by atoms with van der Waals surface area (Å²) in [5.41, 5.74) is 0.682. The van der Waals surface area contributed by atoms with Crippen molar-refractivity contribution < 1.29 is 9.66 Å². The van der Waals surface area contributed by atoms with E-state index in [0.29, 0.717) is 20.8 Å². The number of halogens is 3. The number of nitrogens with zero attached hydrogens (tertiary/aromatic N) is 1. The Kier molecular flexibility index (Phi) is 5.01. The van der Waals surface area contributed by atoms with Gasteiger partial charge < -0.3 is 4.74 Å². The fraction of sp³-hybridized carbons (Fsp3) is 0.0769. The van der Waals surface area contributed by atoms with Crippen molar-refractivity contribution in [3.05, 3.63) is 66.0 Å². The molecule has 0 atom stereocenters. The van der Waals surface area contributed by atoms with E-state index in [1.165, 1.54) is 6.07 Å². The van der Waals surface area contributed by atoms with Crippen molar-refractivity contribution in [1.29, 1.82) is 0 Å². The molecule has 0 N–H and O–H groups in total. The van der Waals surface area contributed by atoms with Crippen molar-refractivity contribution in [2.75, 3.05) is 0 Å². The molecule has 0 radical (unpaired) electrons. The Balaban J connectivity index is 2.21. The highest BCUT2D eigenvalue weighted by molar-refractivity contribution is 9.11. The van der Waals surface area contributed by atoms with Crippen molar-refractivity contribution in [2.45, 2.75) is 6.61 Å². The molecule has 0 saturated carbocycles. The fourth-order valence-corrected chi connectivity index (χ4v) is 2.60. The first kappa shape index (κ1) is 15.3. The molecule has 0 aliphatic heterocycles. The zero-order chi connectivity index (χ0) is 14.7. The molecule has 0 unspecified atom stereocenters. The zero-order valence-corrected chi connectivity index (χ0v) is 13.9. The summed E-state index contributed by atoms with van der Waals surface area (Å²) >= 11 is 12.6. The third kappa shape index (κ3) is 3.50. The average molecular weight is 421 g/mol. The van der Waals surface area contributed by atoms with Crippen LogP contribution in [0.2, 0.25) is 5.02 Å². The molecule has 0 aliphatic carbocycles. The second-order valence-corrected chi connectivity index (χ2v) is 5.99. The SMILES string of the molecule is O=[N+]([O-])c1cccc(COc2cc(Br)ccc2Cl)c1Br. The number of nitro groups is 1. The minimum absolute atomic E-state index is 0.00596. The van der Waals surface area contributed by atoms with Gasteiger partial charge >= 0.3 is 0 Å². The van der Waals surface area contributed by atoms with Gasteiger partial charge in [-0.2, -0.15) is 0 Å². The molecule has 0 bridgehead atoms. The van der Waals surface area contributed by atoms with Crippen LogP contribution < -0.4 is 4.74 Å². The van der Waals surface area contributed by atoms with Crippen molar-refractivity contribution in [1.82, 2.24) is 0 Å². The number of hydrogen-bond donors (Lipinski definition) is 0. The Labute approximate surface area is 137 Å². The lowest BCUT2D eigenvalue weighted by atomic mass is 10.2. The molecular weight excluding hydrogens is 413 g/mol. The lowest BCUT2D eigenvalue weighted by molar-refractivity contribution is -0.385. The van der Waals surface area contributed by atoms with Crippen molar-refractivity contribution >= 4 is 49.1 Å². The zero-order valence-electron chi connectivity index (χ0n) is 9.98. The van der Waals surface area contributed by atoms with Crippen LogP contribution in [0.4, 0.5) is 5.69 Å². The number of hydrogen-bond acceptors (Lipinski definition) is 3. The van der Waals surface area contributed by atoms with E-state index in [9.17, 15) is 10.1 Å². The minimum atomic E-state index is -0.445. The van der Waals surface area contributed by atoms with Gasteiger partial charge in [0.2, 0.25) is 0 Å². The van der Waals surface area contributed by atoms with Gasteiger partial charge in [0.25, 0.3) is 5.69 Å². The largest absolute Gasteiger partial charge is 0.487 e. The monoisotopic (exact) mass is 419 g/mol. The lowest BCUT2D eigenvalue weighted by Gasteiger charge is -2.10. The molecule has 2 aromatic carbocycles. The van der Waals surface area contributed by atoms with Gasteiger partial charge in [-0.3, -0.25) is 10.1 Å². The van der Waals surface area contributed by atoms with Crippen LogP contribution in [0.25, 0.3) is 0 Å². The van der Waals surface area contributed by atoms with Crippen molar-refractivity contribution in [3.8, 4) is 5.75 Å². The first-order chi connectivity index (χ1) is 9.49. The normalized spacial score (nSPS) is 10.3. The summed E-state index contributed by atoms with van der Waals surface area (Å²) in [6.07, 6.45) is 0. The number of rotatable bonds is 4. The summed E-state index contributed by atoms with van der Waals surface area (Å²) < 4.78 is 6.86. The van der Waals surface area contributed by atoms with Gasteiger partial charge in [0, 0.05) is 16.1 Å². The van der Waals surface area contributed by atoms with E-state index in [0.717, 1.165) is 4.47 Å². The second-order valence-electron chi connectivity index (χ2n) is 3.87. The van der Waals surface area contributed by atoms with Crippen LogP contribution in [-0.2, 0) is 6.61 Å². The van der Waals surface area contributed by atoms with Gasteiger partial charge in [-0.1, -0.05) is 39.7 Å². The molecule has 0 spiro atoms. The maximum absolute atomic E-state index is 10.9. The van der Waals surface area contributed by atoms with E-state index in [4.69, 9.17) is 16.3 Å². The van der Waals surface area contributed by atoms with E-state index in [-0.39, 0.29) is 12.3 Å². The topological polar surface area (TPSA) is 52.4 Å². The average Bonchev–Trinajstić information content (AvgIpc) is 2.41. The molecule has 0 heterocycles. The maximum atomic E-state index is 10.9. The van der Waals surface area contributed by atoms with Crippen LogP contribution in [0.5, 0.6) is 5.75 Å². The first-order valence-corrected chi connectivity index (χ1v) is 7.45. The molecule has 104 valence electrons. The second kappa shape index (κ2) is 6.56. The fourth-order valence-electron chi connectivity index (χ4n) is 1.56. The first-order valence-electron chi connectivity index (χ1n) is 5.48. The van der Waals surface area contributed by atoms with Gasteiger partial charge in [0.05, 0.1) is 9.95 Å². The van der Waals surface area contributed by atoms with E-state index < -0.39 is 4.92 Å². The van der Waals surface area contributed by atoms with Gasteiger partial charge in [-0.15, -0.1) is 0 Å². The Morgan fingerprint density at radius 1 is 1.25 bits per heavy atom. The molecule has 2 aromatic rings. The van der Waals surface area contributed by atoms with E-state index in [1.54, 1.807) is 30.3 Å². The predicted octanol–water partition coefficient (Wildman–Crippen LogP) is 5.35. The summed E-state index contributed by atoms with van der Waals surface area (Å²) in [7, 11) is 0. The molecule has 0 aliphatic rings. The number of benzene rings is 2. The van der Waals surface area contributed by atoms with Gasteiger partial charge in [0.1, 0.15) is 16.8 Å². The lowest BCUT2D eigenvalue weighted by Crippen LogP contribution is -1.99. The summed E-state index contributed by atoms with van der Waals surface area (Å²) in [4.78, 5) is 10.4. The maximum Gasteiger partial charge on any atom is 0.283 e. The highest BCUT2D eigenvalue weighted by Crippen LogP contribution is 2.31. The van der Waals surface area contributed by atoms with Crippen LogP contribution in [0.15, 0.2) is 45.3 Å². The molecule has 0 saturated heterocycles. The van der Waals surface area contributed by atoms with E-state index in [1.807, 2.05) is 0 Å². The standard InChI is InChI=1S/C13H8Br2ClNO3/c14-9-4-5-10(16)12(6-9)20-7-8-2-1-3-11(13(8)15)17(18)19/h1-6H,7H2. The van der Waals surface area contributed by atoms with Crippen LogP contribution >= 0.6 is 43.5 Å². The third-order valence-electron chi connectivity index (χ3n) is 2.53. The minimum Gasteiger partial charge on any atom is -0.487 e. The van der Waals surface area contributed by atoms with E-state index >= 15 is 0 Å². The Morgan fingerprint density at radius 3 is 2.70 bits per heavy atom. The number of nitro benzene ring substituents is 1. The van der Waals surface area contributed by atoms with Crippen molar-refractivity contribution in [3.63, 3.8) is 0 Å². The molecule has 20 heavy (non-hydrogen) atoms. The quantitative estimate of drug-likeness (QED) is 0.494. The number of ether oxygens (including phenoxy) is 1. The molecule has 7 heteroatoms. The Morgan fingerprint density at radius 2 is 2.00 bits per heavy atom. The van der Waals surface area contributed by atoms with E-state index in [2.05, 4.69) is 31.9 Å². The summed E-state index contributed by atoms with van der Waals surface area (Å²) in [6.45, 7) is 0.179. The highest BCUT2D eigenvalue weighted by atomic mass is 79.9. The molecule has 0 aromatic heterocycles. The summed E-state index contributed by atoms with van der Waals surface area (Å²) in [5.74, 6) is 0.513. The van der Waals surface area contributed by atoms with Crippen LogP contribution in [0.3, 0.4) is 0 Å². The molecular formula is C13H8Br2ClNO3. The molecule has 0 fully saturated rings.